The molecule has 26 heavy (non-hydrogen) atoms. The largest absolute Gasteiger partial charge is 0.496 e. The highest BCUT2D eigenvalue weighted by Crippen LogP contribution is 2.37. The Bertz CT molecular complexity index is 803. The Morgan fingerprint density at radius 2 is 1.88 bits per heavy atom. The molecule has 2 aromatic carbocycles. The topological polar surface area (TPSA) is 58.6 Å². The van der Waals surface area contributed by atoms with E-state index >= 15 is 0 Å². The molecule has 0 saturated heterocycles. The van der Waals surface area contributed by atoms with Gasteiger partial charge in [0.1, 0.15) is 5.75 Å². The van der Waals surface area contributed by atoms with Crippen LogP contribution in [0.25, 0.3) is 0 Å². The van der Waals surface area contributed by atoms with Crippen molar-refractivity contribution in [2.45, 2.75) is 25.2 Å². The lowest BCUT2D eigenvalue weighted by atomic mass is 9.97. The van der Waals surface area contributed by atoms with Crippen molar-refractivity contribution in [2.24, 2.45) is 0 Å². The predicted molar refractivity (Wildman–Crippen MR) is 102 cm³/mol. The molecule has 1 aliphatic rings. The van der Waals surface area contributed by atoms with Gasteiger partial charge in [-0.2, -0.15) is 0 Å². The molecule has 0 saturated carbocycles. The zero-order chi connectivity index (χ0) is 18.5. The standard InChI is InChI=1S/C21H24N2O3/c1-23-18-11-5-4-10-16(18)17(21(23)25)14-20(24)22-13-7-9-15-8-3-6-12-19(15)26-2/h3-6,8,10-12,17H,7,9,13-14H2,1-2H3,(H,22,24)/t17-/m0/s1. The van der Waals surface area contributed by atoms with Crippen molar-refractivity contribution in [1.82, 2.24) is 5.32 Å². The van der Waals surface area contributed by atoms with Gasteiger partial charge in [0, 0.05) is 25.7 Å². The first-order valence-corrected chi connectivity index (χ1v) is 8.87. The van der Waals surface area contributed by atoms with Crippen molar-refractivity contribution >= 4 is 17.5 Å². The highest BCUT2D eigenvalue weighted by molar-refractivity contribution is 6.06. The second kappa shape index (κ2) is 8.04. The van der Waals surface area contributed by atoms with Crippen LogP contribution in [0, 0.1) is 0 Å². The number of aryl methyl sites for hydroxylation is 1. The summed E-state index contributed by atoms with van der Waals surface area (Å²) in [6.45, 7) is 0.579. The summed E-state index contributed by atoms with van der Waals surface area (Å²) in [6, 6.07) is 15.5. The Morgan fingerprint density at radius 1 is 1.15 bits per heavy atom. The van der Waals surface area contributed by atoms with E-state index in [2.05, 4.69) is 5.32 Å². The van der Waals surface area contributed by atoms with Gasteiger partial charge in [0.05, 0.1) is 13.0 Å². The SMILES string of the molecule is COc1ccccc1CCCNC(=O)C[C@@H]1C(=O)N(C)c2ccccc21. The number of anilines is 1. The molecular formula is C21H24N2O3. The van der Waals surface area contributed by atoms with E-state index < -0.39 is 0 Å². The molecule has 136 valence electrons. The minimum atomic E-state index is -0.384. The molecule has 2 aromatic rings. The molecule has 0 radical (unpaired) electrons. The van der Waals surface area contributed by atoms with Crippen molar-refractivity contribution in [3.05, 3.63) is 59.7 Å². The predicted octanol–water partition coefficient (Wildman–Crippen LogP) is 2.89. The molecule has 1 heterocycles. The summed E-state index contributed by atoms with van der Waals surface area (Å²) in [4.78, 5) is 26.3. The van der Waals surface area contributed by atoms with Crippen LogP contribution in [0.5, 0.6) is 5.75 Å². The van der Waals surface area contributed by atoms with Gasteiger partial charge < -0.3 is 15.0 Å². The number of likely N-dealkylation sites (N-methyl/N-ethyl adjacent to an activating group) is 1. The van der Waals surface area contributed by atoms with Crippen molar-refractivity contribution in [3.63, 3.8) is 0 Å². The monoisotopic (exact) mass is 352 g/mol. The minimum Gasteiger partial charge on any atom is -0.496 e. The van der Waals surface area contributed by atoms with Gasteiger partial charge in [-0.05, 0) is 36.1 Å². The molecule has 1 atom stereocenters. The van der Waals surface area contributed by atoms with Gasteiger partial charge in [-0.25, -0.2) is 0 Å². The number of hydrogen-bond donors (Lipinski definition) is 1. The summed E-state index contributed by atoms with van der Waals surface area (Å²) in [6.07, 6.45) is 1.84. The molecule has 3 rings (SSSR count). The van der Waals surface area contributed by atoms with Gasteiger partial charge in [0.2, 0.25) is 11.8 Å². The summed E-state index contributed by atoms with van der Waals surface area (Å²) >= 11 is 0. The molecular weight excluding hydrogens is 328 g/mol. The van der Waals surface area contributed by atoms with Gasteiger partial charge in [0.15, 0.2) is 0 Å². The fourth-order valence-electron chi connectivity index (χ4n) is 3.44. The van der Waals surface area contributed by atoms with Crippen LogP contribution in [0.4, 0.5) is 5.69 Å². The number of para-hydroxylation sites is 2. The first-order chi connectivity index (χ1) is 12.6. The number of benzene rings is 2. The molecule has 0 aromatic heterocycles. The van der Waals surface area contributed by atoms with E-state index in [1.807, 2.05) is 48.5 Å². The summed E-state index contributed by atoms with van der Waals surface area (Å²) in [5, 5.41) is 2.93. The number of ether oxygens (including phenoxy) is 1. The van der Waals surface area contributed by atoms with E-state index in [0.29, 0.717) is 6.54 Å². The number of rotatable bonds is 7. The molecule has 1 N–H and O–H groups in total. The molecule has 0 unspecified atom stereocenters. The number of amides is 2. The lowest BCUT2D eigenvalue weighted by Crippen LogP contribution is -2.30. The van der Waals surface area contributed by atoms with Crippen LogP contribution in [-0.2, 0) is 16.0 Å². The summed E-state index contributed by atoms with van der Waals surface area (Å²) < 4.78 is 5.34. The Kier molecular flexibility index (Phi) is 5.56. The van der Waals surface area contributed by atoms with Gasteiger partial charge in [-0.1, -0.05) is 36.4 Å². The average Bonchev–Trinajstić information content (AvgIpc) is 2.91. The summed E-state index contributed by atoms with van der Waals surface area (Å²) in [5.74, 6) is 0.379. The van der Waals surface area contributed by atoms with Gasteiger partial charge in [-0.15, -0.1) is 0 Å². The lowest BCUT2D eigenvalue weighted by molar-refractivity contribution is -0.125. The highest BCUT2D eigenvalue weighted by atomic mass is 16.5. The number of methoxy groups -OCH3 is 1. The molecule has 5 nitrogen and oxygen atoms in total. The zero-order valence-electron chi connectivity index (χ0n) is 15.2. The van der Waals surface area contributed by atoms with E-state index in [9.17, 15) is 9.59 Å². The fourth-order valence-corrected chi connectivity index (χ4v) is 3.44. The molecule has 0 fully saturated rings. The van der Waals surface area contributed by atoms with Crippen LogP contribution in [0.2, 0.25) is 0 Å². The number of carbonyl (C=O) groups excluding carboxylic acids is 2. The van der Waals surface area contributed by atoms with Crippen molar-refractivity contribution < 1.29 is 14.3 Å². The van der Waals surface area contributed by atoms with Crippen LogP contribution in [0.1, 0.15) is 29.9 Å². The number of fused-ring (bicyclic) bond motifs is 1. The number of hydrogen-bond acceptors (Lipinski definition) is 3. The van der Waals surface area contributed by atoms with Crippen LogP contribution < -0.4 is 15.0 Å². The average molecular weight is 352 g/mol. The van der Waals surface area contributed by atoms with E-state index in [1.165, 1.54) is 0 Å². The number of nitrogens with one attached hydrogen (secondary N) is 1. The molecule has 0 spiro atoms. The third-order valence-corrected chi connectivity index (χ3v) is 4.83. The Labute approximate surface area is 154 Å². The normalized spacial score (nSPS) is 15.7. The first-order valence-electron chi connectivity index (χ1n) is 8.87. The second-order valence-corrected chi connectivity index (χ2v) is 6.48. The number of carbonyl (C=O) groups is 2. The quantitative estimate of drug-likeness (QED) is 0.780. The molecule has 0 aliphatic carbocycles. The molecule has 5 heteroatoms. The first kappa shape index (κ1) is 18.0. The lowest BCUT2D eigenvalue weighted by Gasteiger charge is -2.12. The Morgan fingerprint density at radius 3 is 2.69 bits per heavy atom. The minimum absolute atomic E-state index is 0.0182. The maximum absolute atomic E-state index is 12.4. The van der Waals surface area contributed by atoms with Gasteiger partial charge >= 0.3 is 0 Å². The Balaban J connectivity index is 1.50. The maximum Gasteiger partial charge on any atom is 0.234 e. The van der Waals surface area contributed by atoms with E-state index in [1.54, 1.807) is 19.1 Å². The van der Waals surface area contributed by atoms with Crippen molar-refractivity contribution in [3.8, 4) is 5.75 Å². The third kappa shape index (κ3) is 3.72. The zero-order valence-corrected chi connectivity index (χ0v) is 15.2. The van der Waals surface area contributed by atoms with Crippen LogP contribution in [0.15, 0.2) is 48.5 Å². The molecule has 1 aliphatic heterocycles. The highest BCUT2D eigenvalue weighted by Gasteiger charge is 2.35. The third-order valence-electron chi connectivity index (χ3n) is 4.83. The van der Waals surface area contributed by atoms with E-state index in [-0.39, 0.29) is 24.2 Å². The van der Waals surface area contributed by atoms with Gasteiger partial charge in [0.25, 0.3) is 0 Å². The summed E-state index contributed by atoms with van der Waals surface area (Å²) in [7, 11) is 3.42. The fraction of sp³-hybridized carbons (Fsp3) is 0.333. The number of nitrogens with zero attached hydrogens (tertiary/aromatic N) is 1. The summed E-state index contributed by atoms with van der Waals surface area (Å²) in [5.41, 5.74) is 2.96. The smallest absolute Gasteiger partial charge is 0.234 e. The van der Waals surface area contributed by atoms with Crippen LogP contribution >= 0.6 is 0 Å². The van der Waals surface area contributed by atoms with E-state index in [4.69, 9.17) is 4.74 Å². The second-order valence-electron chi connectivity index (χ2n) is 6.48. The van der Waals surface area contributed by atoms with E-state index in [0.717, 1.165) is 35.4 Å². The Hall–Kier alpha value is -2.82. The van der Waals surface area contributed by atoms with Gasteiger partial charge in [-0.3, -0.25) is 9.59 Å². The molecule has 0 bridgehead atoms. The van der Waals surface area contributed by atoms with Crippen molar-refractivity contribution in [2.75, 3.05) is 25.6 Å². The van der Waals surface area contributed by atoms with Crippen LogP contribution in [0.3, 0.4) is 0 Å². The molecule has 2 amide bonds. The van der Waals surface area contributed by atoms with Crippen LogP contribution in [-0.4, -0.2) is 32.5 Å². The maximum atomic E-state index is 12.4. The van der Waals surface area contributed by atoms with Crippen molar-refractivity contribution in [1.29, 1.82) is 0 Å².